The van der Waals surface area contributed by atoms with Gasteiger partial charge in [-0.1, -0.05) is 23.7 Å². The smallest absolute Gasteiger partial charge is 0.175 e. The summed E-state index contributed by atoms with van der Waals surface area (Å²) in [5, 5.41) is 4.69. The molecule has 0 spiro atoms. The van der Waals surface area contributed by atoms with E-state index in [9.17, 15) is 8.42 Å². The molecule has 0 radical (unpaired) electrons. The van der Waals surface area contributed by atoms with E-state index in [0.29, 0.717) is 16.3 Å². The van der Waals surface area contributed by atoms with Crippen LogP contribution < -0.4 is 5.73 Å². The SMILES string of the molecule is CC(C)n1ncc(Cl)c1C(N)c1cccc(S(C)(=O)=O)c1. The standard InChI is InChI=1S/C14H18ClN3O2S/c1-9(2)18-14(12(15)8-17-18)13(16)10-5-4-6-11(7-10)21(3,19)20/h4-9,13H,16H2,1-3H3. The fourth-order valence-corrected chi connectivity index (χ4v) is 3.07. The second-order valence-electron chi connectivity index (χ2n) is 5.24. The molecule has 2 N–H and O–H groups in total. The fourth-order valence-electron chi connectivity index (χ4n) is 2.15. The summed E-state index contributed by atoms with van der Waals surface area (Å²) in [7, 11) is -3.28. The fraction of sp³-hybridized carbons (Fsp3) is 0.357. The number of rotatable bonds is 4. The Morgan fingerprint density at radius 2 is 2.00 bits per heavy atom. The van der Waals surface area contributed by atoms with Gasteiger partial charge in [-0.3, -0.25) is 4.68 Å². The van der Waals surface area contributed by atoms with Gasteiger partial charge in [-0.2, -0.15) is 5.10 Å². The van der Waals surface area contributed by atoms with Crippen molar-refractivity contribution in [1.82, 2.24) is 9.78 Å². The summed E-state index contributed by atoms with van der Waals surface area (Å²) < 4.78 is 25.1. The van der Waals surface area contributed by atoms with Gasteiger partial charge in [0, 0.05) is 12.3 Å². The van der Waals surface area contributed by atoms with Gasteiger partial charge in [0.05, 0.1) is 27.9 Å². The first-order valence-corrected chi connectivity index (χ1v) is 8.77. The average Bonchev–Trinajstić information content (AvgIpc) is 2.79. The van der Waals surface area contributed by atoms with E-state index in [-0.39, 0.29) is 10.9 Å². The number of nitrogens with two attached hydrogens (primary N) is 1. The Morgan fingerprint density at radius 3 is 2.57 bits per heavy atom. The molecule has 21 heavy (non-hydrogen) atoms. The molecule has 2 aromatic rings. The Bertz CT molecular complexity index is 753. The van der Waals surface area contributed by atoms with Crippen LogP contribution in [0.1, 0.15) is 37.2 Å². The predicted molar refractivity (Wildman–Crippen MR) is 83.2 cm³/mol. The van der Waals surface area contributed by atoms with Crippen LogP contribution in [0.15, 0.2) is 35.4 Å². The highest BCUT2D eigenvalue weighted by atomic mass is 35.5. The van der Waals surface area contributed by atoms with Crippen LogP contribution in [0.25, 0.3) is 0 Å². The van der Waals surface area contributed by atoms with E-state index in [4.69, 9.17) is 17.3 Å². The molecule has 1 aromatic carbocycles. The monoisotopic (exact) mass is 327 g/mol. The van der Waals surface area contributed by atoms with Gasteiger partial charge in [0.15, 0.2) is 9.84 Å². The van der Waals surface area contributed by atoms with Gasteiger partial charge in [-0.25, -0.2) is 8.42 Å². The van der Waals surface area contributed by atoms with E-state index in [0.717, 1.165) is 0 Å². The van der Waals surface area contributed by atoms with Crippen LogP contribution in [-0.4, -0.2) is 24.5 Å². The van der Waals surface area contributed by atoms with Gasteiger partial charge in [0.25, 0.3) is 0 Å². The Kier molecular flexibility index (Phi) is 4.41. The topological polar surface area (TPSA) is 78.0 Å². The quantitative estimate of drug-likeness (QED) is 0.936. The Morgan fingerprint density at radius 1 is 1.33 bits per heavy atom. The molecule has 7 heteroatoms. The largest absolute Gasteiger partial charge is 0.319 e. The van der Waals surface area contributed by atoms with Crippen LogP contribution in [0.5, 0.6) is 0 Å². The van der Waals surface area contributed by atoms with Crippen molar-refractivity contribution in [2.24, 2.45) is 5.73 Å². The normalized spacial score (nSPS) is 13.6. The number of halogens is 1. The number of hydrogen-bond donors (Lipinski definition) is 1. The lowest BCUT2D eigenvalue weighted by molar-refractivity contribution is 0.499. The first-order valence-electron chi connectivity index (χ1n) is 6.50. The number of aromatic nitrogens is 2. The summed E-state index contributed by atoms with van der Waals surface area (Å²) in [6.45, 7) is 3.96. The minimum absolute atomic E-state index is 0.108. The molecule has 0 amide bonds. The van der Waals surface area contributed by atoms with Crippen LogP contribution >= 0.6 is 11.6 Å². The Labute approximate surface area is 129 Å². The van der Waals surface area contributed by atoms with Crippen molar-refractivity contribution in [2.75, 3.05) is 6.26 Å². The van der Waals surface area contributed by atoms with Crippen molar-refractivity contribution < 1.29 is 8.42 Å². The number of benzene rings is 1. The maximum atomic E-state index is 11.7. The van der Waals surface area contributed by atoms with Gasteiger partial charge in [0.1, 0.15) is 0 Å². The Balaban J connectivity index is 2.51. The molecule has 1 unspecified atom stereocenters. The lowest BCUT2D eigenvalue weighted by atomic mass is 10.0. The summed E-state index contributed by atoms with van der Waals surface area (Å²) in [4.78, 5) is 0.238. The predicted octanol–water partition coefficient (Wildman–Crippen LogP) is 2.57. The van der Waals surface area contributed by atoms with Crippen LogP contribution in [0, 0.1) is 0 Å². The minimum Gasteiger partial charge on any atom is -0.319 e. The zero-order valence-corrected chi connectivity index (χ0v) is 13.7. The van der Waals surface area contributed by atoms with Gasteiger partial charge in [0.2, 0.25) is 0 Å². The van der Waals surface area contributed by atoms with Crippen LogP contribution in [-0.2, 0) is 9.84 Å². The van der Waals surface area contributed by atoms with Crippen LogP contribution in [0.2, 0.25) is 5.02 Å². The summed E-state index contributed by atoms with van der Waals surface area (Å²) in [5.74, 6) is 0. The maximum absolute atomic E-state index is 11.7. The van der Waals surface area contributed by atoms with Crippen molar-refractivity contribution in [1.29, 1.82) is 0 Å². The molecule has 5 nitrogen and oxygen atoms in total. The van der Waals surface area contributed by atoms with Crippen LogP contribution in [0.3, 0.4) is 0 Å². The second kappa shape index (κ2) is 5.79. The molecule has 0 aliphatic rings. The van der Waals surface area contributed by atoms with Gasteiger partial charge in [-0.15, -0.1) is 0 Å². The van der Waals surface area contributed by atoms with Crippen LogP contribution in [0.4, 0.5) is 0 Å². The van der Waals surface area contributed by atoms with Crippen molar-refractivity contribution in [3.8, 4) is 0 Å². The van der Waals surface area contributed by atoms with E-state index >= 15 is 0 Å². The van der Waals surface area contributed by atoms with Gasteiger partial charge < -0.3 is 5.73 Å². The molecule has 0 saturated carbocycles. The van der Waals surface area contributed by atoms with Gasteiger partial charge >= 0.3 is 0 Å². The molecule has 0 aliphatic carbocycles. The molecule has 114 valence electrons. The molecule has 1 atom stereocenters. The van der Waals surface area contributed by atoms with E-state index < -0.39 is 15.9 Å². The molecule has 0 saturated heterocycles. The number of sulfone groups is 1. The number of nitrogens with zero attached hydrogens (tertiary/aromatic N) is 2. The lowest BCUT2D eigenvalue weighted by Crippen LogP contribution is -2.19. The lowest BCUT2D eigenvalue weighted by Gasteiger charge is -2.18. The third kappa shape index (κ3) is 3.28. The van der Waals surface area contributed by atoms with E-state index in [1.54, 1.807) is 35.1 Å². The Hall–Kier alpha value is -1.37. The highest BCUT2D eigenvalue weighted by molar-refractivity contribution is 7.90. The second-order valence-corrected chi connectivity index (χ2v) is 7.66. The third-order valence-corrected chi connectivity index (χ3v) is 4.62. The van der Waals surface area contributed by atoms with Crippen molar-refractivity contribution in [3.05, 3.63) is 46.7 Å². The molecule has 1 aromatic heterocycles. The van der Waals surface area contributed by atoms with Crippen molar-refractivity contribution in [2.45, 2.75) is 30.8 Å². The first-order chi connectivity index (χ1) is 9.71. The minimum atomic E-state index is -3.28. The van der Waals surface area contributed by atoms with E-state index in [2.05, 4.69) is 5.10 Å². The molecule has 0 bridgehead atoms. The molecular weight excluding hydrogens is 310 g/mol. The number of hydrogen-bond acceptors (Lipinski definition) is 4. The molecular formula is C14H18ClN3O2S. The third-order valence-electron chi connectivity index (χ3n) is 3.22. The van der Waals surface area contributed by atoms with E-state index in [1.165, 1.54) is 6.26 Å². The maximum Gasteiger partial charge on any atom is 0.175 e. The zero-order chi connectivity index (χ0) is 15.8. The molecule has 0 aliphatic heterocycles. The summed E-state index contributed by atoms with van der Waals surface area (Å²) >= 11 is 6.18. The summed E-state index contributed by atoms with van der Waals surface area (Å²) in [5.41, 5.74) is 7.63. The average molecular weight is 328 g/mol. The molecule has 0 fully saturated rings. The highest BCUT2D eigenvalue weighted by Gasteiger charge is 2.21. The van der Waals surface area contributed by atoms with E-state index in [1.807, 2.05) is 13.8 Å². The van der Waals surface area contributed by atoms with Crippen molar-refractivity contribution >= 4 is 21.4 Å². The summed E-state index contributed by atoms with van der Waals surface area (Å²) in [6.07, 6.45) is 2.72. The van der Waals surface area contributed by atoms with Crippen molar-refractivity contribution in [3.63, 3.8) is 0 Å². The molecule has 2 rings (SSSR count). The molecule has 1 heterocycles. The highest BCUT2D eigenvalue weighted by Crippen LogP contribution is 2.29. The van der Waals surface area contributed by atoms with Gasteiger partial charge in [-0.05, 0) is 31.5 Å². The zero-order valence-electron chi connectivity index (χ0n) is 12.1. The summed E-state index contributed by atoms with van der Waals surface area (Å²) in [6, 6.07) is 6.16. The first kappa shape index (κ1) is 16.0.